The molecule has 1 N–H and O–H groups in total. The minimum atomic E-state index is -0.557. The van der Waals surface area contributed by atoms with Crippen molar-refractivity contribution in [2.45, 2.75) is 18.6 Å². The molecule has 27 heavy (non-hydrogen) atoms. The number of β-amino-alcohol motifs (C(OH)–C–C–N with tert-alkyl or cyclic N) is 1. The first-order chi connectivity index (χ1) is 13.2. The number of aliphatic hydroxyl groups is 1. The molecule has 1 aliphatic heterocycles. The number of hydrogen-bond donors (Lipinski definition) is 1. The first-order valence-electron chi connectivity index (χ1n) is 9.40. The van der Waals surface area contributed by atoms with E-state index < -0.39 is 6.10 Å². The maximum absolute atomic E-state index is 10.5. The molecule has 0 unspecified atom stereocenters. The van der Waals surface area contributed by atoms with Crippen LogP contribution < -0.4 is 4.74 Å². The van der Waals surface area contributed by atoms with Gasteiger partial charge in [0.05, 0.1) is 12.5 Å². The lowest BCUT2D eigenvalue weighted by Gasteiger charge is -2.41. The number of rotatable bonds is 7. The minimum Gasteiger partial charge on any atom is -0.491 e. The molecule has 1 aliphatic rings. The summed E-state index contributed by atoms with van der Waals surface area (Å²) in [5.74, 6) is 0.716. The van der Waals surface area contributed by atoms with Gasteiger partial charge in [-0.3, -0.25) is 4.90 Å². The Morgan fingerprint density at radius 2 is 1.89 bits per heavy atom. The van der Waals surface area contributed by atoms with E-state index in [1.165, 1.54) is 5.56 Å². The van der Waals surface area contributed by atoms with Crippen LogP contribution in [0.15, 0.2) is 54.6 Å². The Kier molecular flexibility index (Phi) is 6.83. The van der Waals surface area contributed by atoms with E-state index in [4.69, 9.17) is 10.00 Å². The molecule has 0 aromatic heterocycles. The summed E-state index contributed by atoms with van der Waals surface area (Å²) in [7, 11) is 2.14. The van der Waals surface area contributed by atoms with Gasteiger partial charge in [-0.15, -0.1) is 0 Å². The molecule has 0 amide bonds. The third-order valence-electron chi connectivity index (χ3n) is 4.97. The third-order valence-corrected chi connectivity index (χ3v) is 4.97. The molecule has 5 heteroatoms. The Morgan fingerprint density at radius 1 is 1.15 bits per heavy atom. The van der Waals surface area contributed by atoms with E-state index in [-0.39, 0.29) is 12.6 Å². The molecular weight excluding hydrogens is 338 g/mol. The quantitative estimate of drug-likeness (QED) is 0.817. The number of aliphatic hydroxyl groups excluding tert-OH is 1. The van der Waals surface area contributed by atoms with E-state index in [2.05, 4.69) is 47.2 Å². The SMILES string of the molecule is CN1CCN(C[C@H](O)COc2ccc(CC#N)cc2)[C@@H](c2ccccc2)C1. The molecular formula is C22H27N3O2. The Balaban J connectivity index is 1.55. The summed E-state index contributed by atoms with van der Waals surface area (Å²) in [4.78, 5) is 4.68. The van der Waals surface area contributed by atoms with Gasteiger partial charge < -0.3 is 14.7 Å². The average Bonchev–Trinajstić information content (AvgIpc) is 2.70. The van der Waals surface area contributed by atoms with Crippen molar-refractivity contribution < 1.29 is 9.84 Å². The van der Waals surface area contributed by atoms with Crippen molar-refractivity contribution >= 4 is 0 Å². The van der Waals surface area contributed by atoms with Gasteiger partial charge in [-0.25, -0.2) is 0 Å². The molecule has 3 rings (SSSR count). The second-order valence-electron chi connectivity index (χ2n) is 7.13. The third kappa shape index (κ3) is 5.54. The summed E-state index contributed by atoms with van der Waals surface area (Å²) in [6, 6.07) is 20.4. The van der Waals surface area contributed by atoms with Gasteiger partial charge in [-0.2, -0.15) is 5.26 Å². The van der Waals surface area contributed by atoms with Gasteiger partial charge in [0.1, 0.15) is 18.5 Å². The van der Waals surface area contributed by atoms with E-state index in [0.717, 1.165) is 25.2 Å². The van der Waals surface area contributed by atoms with Crippen LogP contribution in [0.1, 0.15) is 17.2 Å². The summed E-state index contributed by atoms with van der Waals surface area (Å²) < 4.78 is 5.73. The molecule has 0 saturated carbocycles. The van der Waals surface area contributed by atoms with Crippen LogP contribution in [-0.2, 0) is 6.42 Å². The lowest BCUT2D eigenvalue weighted by molar-refractivity contribution is 0.0217. The summed E-state index contributed by atoms with van der Waals surface area (Å²) in [5.41, 5.74) is 2.25. The highest BCUT2D eigenvalue weighted by Crippen LogP contribution is 2.25. The van der Waals surface area contributed by atoms with Crippen molar-refractivity contribution in [2.24, 2.45) is 0 Å². The van der Waals surface area contributed by atoms with Crippen LogP contribution in [0, 0.1) is 11.3 Å². The Morgan fingerprint density at radius 3 is 2.59 bits per heavy atom. The predicted octanol–water partition coefficient (Wildman–Crippen LogP) is 2.48. The molecule has 0 aliphatic carbocycles. The van der Waals surface area contributed by atoms with Crippen LogP contribution >= 0.6 is 0 Å². The first-order valence-corrected chi connectivity index (χ1v) is 9.40. The van der Waals surface area contributed by atoms with E-state index >= 15 is 0 Å². The van der Waals surface area contributed by atoms with Crippen molar-refractivity contribution in [1.82, 2.24) is 9.80 Å². The van der Waals surface area contributed by atoms with Crippen molar-refractivity contribution in [3.63, 3.8) is 0 Å². The molecule has 2 aromatic carbocycles. The molecule has 0 spiro atoms. The number of nitrogens with zero attached hydrogens (tertiary/aromatic N) is 3. The van der Waals surface area contributed by atoms with Gasteiger partial charge in [-0.1, -0.05) is 42.5 Å². The standard InChI is InChI=1S/C22H27N3O2/c1-24-13-14-25(22(16-24)19-5-3-2-4-6-19)15-20(26)17-27-21-9-7-18(8-10-21)11-12-23/h2-10,20,22,26H,11,13-17H2,1H3/t20-,22+/m0/s1. The van der Waals surface area contributed by atoms with E-state index in [1.807, 2.05) is 30.3 Å². The molecule has 1 saturated heterocycles. The zero-order valence-corrected chi connectivity index (χ0v) is 15.8. The largest absolute Gasteiger partial charge is 0.491 e. The van der Waals surface area contributed by atoms with E-state index in [1.54, 1.807) is 0 Å². The van der Waals surface area contributed by atoms with Gasteiger partial charge in [0.25, 0.3) is 0 Å². The Hall–Kier alpha value is -2.39. The first kappa shape index (κ1) is 19.4. The van der Waals surface area contributed by atoms with Gasteiger partial charge >= 0.3 is 0 Å². The normalized spacial score (nSPS) is 19.4. The molecule has 2 aromatic rings. The van der Waals surface area contributed by atoms with Crippen molar-refractivity contribution in [2.75, 3.05) is 39.8 Å². The number of piperazine rings is 1. The monoisotopic (exact) mass is 365 g/mol. The van der Waals surface area contributed by atoms with E-state index in [9.17, 15) is 5.11 Å². The lowest BCUT2D eigenvalue weighted by Crippen LogP contribution is -2.49. The van der Waals surface area contributed by atoms with Crippen LogP contribution in [-0.4, -0.2) is 60.8 Å². The molecule has 142 valence electrons. The summed E-state index contributed by atoms with van der Waals surface area (Å²) >= 11 is 0. The molecule has 1 heterocycles. The average molecular weight is 365 g/mol. The van der Waals surface area contributed by atoms with Crippen molar-refractivity contribution in [3.05, 3.63) is 65.7 Å². The van der Waals surface area contributed by atoms with Gasteiger partial charge in [0.15, 0.2) is 0 Å². The fraction of sp³-hybridized carbons (Fsp3) is 0.409. The maximum atomic E-state index is 10.5. The predicted molar refractivity (Wildman–Crippen MR) is 106 cm³/mol. The Bertz CT molecular complexity index is 742. The number of hydrogen-bond acceptors (Lipinski definition) is 5. The highest BCUT2D eigenvalue weighted by atomic mass is 16.5. The molecule has 0 bridgehead atoms. The van der Waals surface area contributed by atoms with Gasteiger partial charge in [0.2, 0.25) is 0 Å². The second kappa shape index (κ2) is 9.52. The second-order valence-corrected chi connectivity index (χ2v) is 7.13. The van der Waals surface area contributed by atoms with E-state index in [0.29, 0.717) is 18.7 Å². The van der Waals surface area contributed by atoms with Crippen LogP contribution in [0.4, 0.5) is 0 Å². The van der Waals surface area contributed by atoms with Crippen molar-refractivity contribution in [1.29, 1.82) is 5.26 Å². The van der Waals surface area contributed by atoms with Crippen LogP contribution in [0.5, 0.6) is 5.75 Å². The topological polar surface area (TPSA) is 59.7 Å². The zero-order valence-electron chi connectivity index (χ0n) is 15.8. The molecule has 5 nitrogen and oxygen atoms in total. The smallest absolute Gasteiger partial charge is 0.119 e. The van der Waals surface area contributed by atoms with Gasteiger partial charge in [0, 0.05) is 32.2 Å². The molecule has 0 radical (unpaired) electrons. The summed E-state index contributed by atoms with van der Waals surface area (Å²) in [6.07, 6.45) is -0.161. The fourth-order valence-electron chi connectivity index (χ4n) is 3.48. The fourth-order valence-corrected chi connectivity index (χ4v) is 3.48. The van der Waals surface area contributed by atoms with Crippen LogP contribution in [0.3, 0.4) is 0 Å². The number of ether oxygens (including phenoxy) is 1. The van der Waals surface area contributed by atoms with Crippen molar-refractivity contribution in [3.8, 4) is 11.8 Å². The summed E-state index contributed by atoms with van der Waals surface area (Å²) in [6.45, 7) is 3.72. The van der Waals surface area contributed by atoms with Crippen LogP contribution in [0.25, 0.3) is 0 Å². The minimum absolute atomic E-state index is 0.255. The maximum Gasteiger partial charge on any atom is 0.119 e. The van der Waals surface area contributed by atoms with Crippen LogP contribution in [0.2, 0.25) is 0 Å². The summed E-state index contributed by atoms with van der Waals surface area (Å²) in [5, 5.41) is 19.2. The number of likely N-dealkylation sites (N-methyl/N-ethyl adjacent to an activating group) is 1. The lowest BCUT2D eigenvalue weighted by atomic mass is 10.0. The highest BCUT2D eigenvalue weighted by Gasteiger charge is 2.28. The molecule has 2 atom stereocenters. The zero-order chi connectivity index (χ0) is 19.1. The number of benzene rings is 2. The molecule has 1 fully saturated rings. The number of nitriles is 1. The highest BCUT2D eigenvalue weighted by molar-refractivity contribution is 5.28. The van der Waals surface area contributed by atoms with Gasteiger partial charge in [-0.05, 0) is 30.3 Å². The Labute approximate surface area is 161 Å².